The second-order valence-electron chi connectivity index (χ2n) is 4.20. The topological polar surface area (TPSA) is 46.3 Å². The van der Waals surface area contributed by atoms with Gasteiger partial charge in [0.2, 0.25) is 5.91 Å². The number of carbonyl (C=O) groups excluding carboxylic acids is 1. The fourth-order valence-corrected chi connectivity index (χ4v) is 2.56. The second kappa shape index (κ2) is 6.38. The van der Waals surface area contributed by atoms with Crippen molar-refractivity contribution in [2.75, 3.05) is 24.6 Å². The van der Waals surface area contributed by atoms with Gasteiger partial charge in [-0.25, -0.2) is 0 Å². The largest absolute Gasteiger partial charge is 0.340 e. The van der Waals surface area contributed by atoms with Gasteiger partial charge >= 0.3 is 0 Å². The molecule has 0 saturated carbocycles. The van der Waals surface area contributed by atoms with Crippen molar-refractivity contribution in [2.24, 2.45) is 11.7 Å². The Morgan fingerprint density at radius 1 is 1.47 bits per heavy atom. The maximum absolute atomic E-state index is 12.0. The molecular formula is C11H22N2OS. The number of carbonyl (C=O) groups is 1. The van der Waals surface area contributed by atoms with Gasteiger partial charge in [0.15, 0.2) is 0 Å². The number of thioether (sulfide) groups is 1. The van der Waals surface area contributed by atoms with Crippen molar-refractivity contribution < 1.29 is 4.79 Å². The Hall–Kier alpha value is -0.220. The first-order valence-electron chi connectivity index (χ1n) is 5.79. The van der Waals surface area contributed by atoms with E-state index < -0.39 is 0 Å². The summed E-state index contributed by atoms with van der Waals surface area (Å²) in [4.78, 5) is 14.0. The first-order valence-corrected chi connectivity index (χ1v) is 6.94. The van der Waals surface area contributed by atoms with Crippen molar-refractivity contribution in [3.05, 3.63) is 0 Å². The lowest BCUT2D eigenvalue weighted by atomic mass is 9.99. The maximum atomic E-state index is 12.0. The van der Waals surface area contributed by atoms with E-state index in [0.29, 0.717) is 0 Å². The number of nitrogens with two attached hydrogens (primary N) is 1. The SMILES string of the molecule is CCC(C)[C@H](N)C(=O)N1CCCSCC1. The molecule has 1 aliphatic heterocycles. The number of rotatable bonds is 3. The predicted molar refractivity (Wildman–Crippen MR) is 66.0 cm³/mol. The third-order valence-electron chi connectivity index (χ3n) is 3.08. The molecule has 3 nitrogen and oxygen atoms in total. The predicted octanol–water partition coefficient (Wildman–Crippen LogP) is 1.33. The first kappa shape index (κ1) is 12.8. The Morgan fingerprint density at radius 2 is 2.20 bits per heavy atom. The lowest BCUT2D eigenvalue weighted by Crippen LogP contribution is -2.47. The molecule has 0 bridgehead atoms. The highest BCUT2D eigenvalue weighted by atomic mass is 32.2. The molecular weight excluding hydrogens is 208 g/mol. The molecule has 2 atom stereocenters. The maximum Gasteiger partial charge on any atom is 0.239 e. The molecule has 15 heavy (non-hydrogen) atoms. The summed E-state index contributed by atoms with van der Waals surface area (Å²) in [6.45, 7) is 5.88. The minimum Gasteiger partial charge on any atom is -0.340 e. The van der Waals surface area contributed by atoms with Gasteiger partial charge in [-0.1, -0.05) is 20.3 Å². The Balaban J connectivity index is 2.49. The molecule has 88 valence electrons. The van der Waals surface area contributed by atoms with E-state index in [0.717, 1.165) is 31.7 Å². The third kappa shape index (κ3) is 3.68. The van der Waals surface area contributed by atoms with Crippen LogP contribution in [-0.2, 0) is 4.79 Å². The molecule has 1 aliphatic rings. The number of amides is 1. The molecule has 0 aromatic heterocycles. The minimum atomic E-state index is -0.307. The fourth-order valence-electron chi connectivity index (χ4n) is 1.67. The zero-order valence-electron chi connectivity index (χ0n) is 9.74. The van der Waals surface area contributed by atoms with Crippen LogP contribution in [-0.4, -0.2) is 41.4 Å². The number of hydrogen-bond donors (Lipinski definition) is 1. The Labute approximate surface area is 96.8 Å². The molecule has 0 aromatic rings. The van der Waals surface area contributed by atoms with Crippen molar-refractivity contribution in [2.45, 2.75) is 32.7 Å². The molecule has 2 N–H and O–H groups in total. The van der Waals surface area contributed by atoms with E-state index in [1.54, 1.807) is 0 Å². The summed E-state index contributed by atoms with van der Waals surface area (Å²) in [5.41, 5.74) is 5.96. The van der Waals surface area contributed by atoms with E-state index in [-0.39, 0.29) is 17.9 Å². The summed E-state index contributed by atoms with van der Waals surface area (Å²) in [5, 5.41) is 0. The van der Waals surface area contributed by atoms with Crippen LogP contribution < -0.4 is 5.73 Å². The van der Waals surface area contributed by atoms with E-state index in [1.165, 1.54) is 5.75 Å². The van der Waals surface area contributed by atoms with Gasteiger partial charge in [0, 0.05) is 18.8 Å². The van der Waals surface area contributed by atoms with Crippen LogP contribution in [0.3, 0.4) is 0 Å². The summed E-state index contributed by atoms with van der Waals surface area (Å²) >= 11 is 1.93. The van der Waals surface area contributed by atoms with Gasteiger partial charge in [-0.15, -0.1) is 0 Å². The fraction of sp³-hybridized carbons (Fsp3) is 0.909. The summed E-state index contributed by atoms with van der Waals surface area (Å²) in [7, 11) is 0. The van der Waals surface area contributed by atoms with Crippen molar-refractivity contribution in [1.82, 2.24) is 4.90 Å². The average molecular weight is 230 g/mol. The van der Waals surface area contributed by atoms with Crippen LogP contribution >= 0.6 is 11.8 Å². The Bertz CT molecular complexity index is 203. The summed E-state index contributed by atoms with van der Waals surface area (Å²) < 4.78 is 0. The van der Waals surface area contributed by atoms with E-state index in [1.807, 2.05) is 16.7 Å². The van der Waals surface area contributed by atoms with Gasteiger partial charge in [0.25, 0.3) is 0 Å². The molecule has 0 aromatic carbocycles. The second-order valence-corrected chi connectivity index (χ2v) is 5.43. The number of hydrogen-bond acceptors (Lipinski definition) is 3. The van der Waals surface area contributed by atoms with Crippen LogP contribution in [0.25, 0.3) is 0 Å². The van der Waals surface area contributed by atoms with Gasteiger partial charge in [-0.05, 0) is 18.1 Å². The van der Waals surface area contributed by atoms with Crippen molar-refractivity contribution >= 4 is 17.7 Å². The van der Waals surface area contributed by atoms with Crippen molar-refractivity contribution in [1.29, 1.82) is 0 Å². The quantitative estimate of drug-likeness (QED) is 0.795. The molecule has 1 unspecified atom stereocenters. The lowest BCUT2D eigenvalue weighted by molar-refractivity contribution is -0.133. The van der Waals surface area contributed by atoms with Gasteiger partial charge in [0.05, 0.1) is 6.04 Å². The molecule has 1 saturated heterocycles. The molecule has 4 heteroatoms. The van der Waals surface area contributed by atoms with E-state index in [2.05, 4.69) is 13.8 Å². The van der Waals surface area contributed by atoms with Crippen molar-refractivity contribution in [3.8, 4) is 0 Å². The third-order valence-corrected chi connectivity index (χ3v) is 4.12. The minimum absolute atomic E-state index is 0.145. The molecule has 0 aliphatic carbocycles. The van der Waals surface area contributed by atoms with E-state index in [9.17, 15) is 4.79 Å². The highest BCUT2D eigenvalue weighted by molar-refractivity contribution is 7.99. The van der Waals surface area contributed by atoms with E-state index >= 15 is 0 Å². The van der Waals surface area contributed by atoms with Crippen LogP contribution in [0.1, 0.15) is 26.7 Å². The zero-order chi connectivity index (χ0) is 11.3. The molecule has 1 fully saturated rings. The van der Waals surface area contributed by atoms with Gasteiger partial charge in [0.1, 0.15) is 0 Å². The molecule has 0 radical (unpaired) electrons. The van der Waals surface area contributed by atoms with E-state index in [4.69, 9.17) is 5.73 Å². The highest BCUT2D eigenvalue weighted by Gasteiger charge is 2.25. The van der Waals surface area contributed by atoms with Crippen LogP contribution in [0.4, 0.5) is 0 Å². The van der Waals surface area contributed by atoms with Gasteiger partial charge in [-0.2, -0.15) is 11.8 Å². The summed E-state index contributed by atoms with van der Waals surface area (Å²) in [6, 6.07) is -0.307. The first-order chi connectivity index (χ1) is 7.16. The smallest absolute Gasteiger partial charge is 0.239 e. The lowest BCUT2D eigenvalue weighted by Gasteiger charge is -2.26. The molecule has 1 heterocycles. The van der Waals surface area contributed by atoms with Gasteiger partial charge < -0.3 is 10.6 Å². The molecule has 0 spiro atoms. The van der Waals surface area contributed by atoms with Crippen LogP contribution in [0.5, 0.6) is 0 Å². The Kier molecular flexibility index (Phi) is 5.47. The monoisotopic (exact) mass is 230 g/mol. The number of nitrogens with zero attached hydrogens (tertiary/aromatic N) is 1. The zero-order valence-corrected chi connectivity index (χ0v) is 10.6. The standard InChI is InChI=1S/C11H22N2OS/c1-3-9(2)10(12)11(14)13-5-4-7-15-8-6-13/h9-10H,3-8,12H2,1-2H3/t9?,10-/m0/s1. The Morgan fingerprint density at radius 3 is 2.87 bits per heavy atom. The normalized spacial score (nSPS) is 21.9. The molecule has 1 rings (SSSR count). The average Bonchev–Trinajstić information content (AvgIpc) is 2.54. The van der Waals surface area contributed by atoms with Crippen molar-refractivity contribution in [3.63, 3.8) is 0 Å². The summed E-state index contributed by atoms with van der Waals surface area (Å²) in [5.74, 6) is 2.65. The van der Waals surface area contributed by atoms with Crippen LogP contribution in [0.2, 0.25) is 0 Å². The van der Waals surface area contributed by atoms with Crippen LogP contribution in [0, 0.1) is 5.92 Å². The highest BCUT2D eigenvalue weighted by Crippen LogP contribution is 2.13. The summed E-state index contributed by atoms with van der Waals surface area (Å²) in [6.07, 6.45) is 2.07. The molecule has 1 amide bonds. The van der Waals surface area contributed by atoms with Crippen LogP contribution in [0.15, 0.2) is 0 Å². The van der Waals surface area contributed by atoms with Gasteiger partial charge in [-0.3, -0.25) is 4.79 Å².